The van der Waals surface area contributed by atoms with E-state index in [0.717, 1.165) is 62.5 Å². The van der Waals surface area contributed by atoms with Gasteiger partial charge in [0.25, 0.3) is 0 Å². The molecule has 0 amide bonds. The van der Waals surface area contributed by atoms with E-state index in [1.54, 1.807) is 12.4 Å². The topological polar surface area (TPSA) is 44.2 Å². The zero-order chi connectivity index (χ0) is 24.1. The number of nitrogens with zero attached hydrogens (tertiary/aromatic N) is 2. The monoisotopic (exact) mass is 466 g/mol. The molecule has 0 aliphatic rings. The number of allylic oxidation sites excluding steroid dienone is 2. The van der Waals surface area contributed by atoms with Crippen molar-refractivity contribution in [3.63, 3.8) is 0 Å². The van der Waals surface area contributed by atoms with Crippen LogP contribution >= 0.6 is 0 Å². The van der Waals surface area contributed by atoms with Gasteiger partial charge >= 0.3 is 0 Å². The van der Waals surface area contributed by atoms with E-state index < -0.39 is 0 Å². The maximum absolute atomic E-state index is 5.81. The molecular weight excluding hydrogens is 420 g/mol. The van der Waals surface area contributed by atoms with Crippen molar-refractivity contribution in [2.45, 2.75) is 97.3 Å². The van der Waals surface area contributed by atoms with Crippen molar-refractivity contribution in [1.29, 1.82) is 0 Å². The van der Waals surface area contributed by atoms with E-state index in [9.17, 15) is 0 Å². The normalized spacial score (nSPS) is 11.4. The molecule has 1 aromatic heterocycles. The molecule has 0 spiro atoms. The molecule has 0 aliphatic carbocycles. The van der Waals surface area contributed by atoms with Gasteiger partial charge in [-0.15, -0.1) is 0 Å². The van der Waals surface area contributed by atoms with Gasteiger partial charge in [0.15, 0.2) is 11.6 Å². The van der Waals surface area contributed by atoms with Gasteiger partial charge in [-0.3, -0.25) is 0 Å². The Labute approximate surface area is 208 Å². The molecule has 0 saturated heterocycles. The standard InChI is InChI=1S/C30H46N2O2/c1-3-5-6-7-8-9-10-11-12-16-24-34-29-25-31-30(32-26-29)28-20-18-27(19-21-28)17-14-13-15-23-33-22-4-2/h10-11,18-21,25-26H,3-9,12-17,22-24H2,1-2H3. The predicted molar refractivity (Wildman–Crippen MR) is 143 cm³/mol. The largest absolute Gasteiger partial charge is 0.490 e. The molecule has 188 valence electrons. The lowest BCUT2D eigenvalue weighted by atomic mass is 10.0. The molecule has 34 heavy (non-hydrogen) atoms. The summed E-state index contributed by atoms with van der Waals surface area (Å²) in [4.78, 5) is 8.99. The number of hydrogen-bond donors (Lipinski definition) is 0. The molecule has 0 radical (unpaired) electrons. The highest BCUT2D eigenvalue weighted by Gasteiger charge is 2.03. The zero-order valence-electron chi connectivity index (χ0n) is 21.6. The summed E-state index contributed by atoms with van der Waals surface area (Å²) in [6, 6.07) is 8.61. The van der Waals surface area contributed by atoms with E-state index in [-0.39, 0.29) is 0 Å². The van der Waals surface area contributed by atoms with Gasteiger partial charge in [-0.25, -0.2) is 9.97 Å². The third-order valence-electron chi connectivity index (χ3n) is 5.87. The minimum atomic E-state index is 0.697. The fraction of sp³-hybridized carbons (Fsp3) is 0.600. The Morgan fingerprint density at radius 2 is 1.38 bits per heavy atom. The second-order valence-electron chi connectivity index (χ2n) is 9.03. The first-order valence-corrected chi connectivity index (χ1v) is 13.6. The summed E-state index contributed by atoms with van der Waals surface area (Å²) in [5.74, 6) is 1.48. The van der Waals surface area contributed by atoms with Crippen LogP contribution in [0.3, 0.4) is 0 Å². The third kappa shape index (κ3) is 12.9. The molecule has 2 rings (SSSR count). The zero-order valence-corrected chi connectivity index (χ0v) is 21.6. The van der Waals surface area contributed by atoms with Gasteiger partial charge in [0, 0.05) is 18.8 Å². The van der Waals surface area contributed by atoms with Gasteiger partial charge in [-0.2, -0.15) is 0 Å². The molecule has 0 aliphatic heterocycles. The Kier molecular flexibility index (Phi) is 15.8. The van der Waals surface area contributed by atoms with Gasteiger partial charge in [0.05, 0.1) is 19.0 Å². The molecular formula is C30H46N2O2. The number of aromatic nitrogens is 2. The van der Waals surface area contributed by atoms with E-state index in [2.05, 4.69) is 60.2 Å². The Balaban J connectivity index is 1.59. The Morgan fingerprint density at radius 3 is 2.12 bits per heavy atom. The van der Waals surface area contributed by atoms with E-state index >= 15 is 0 Å². The van der Waals surface area contributed by atoms with Crippen molar-refractivity contribution < 1.29 is 9.47 Å². The molecule has 0 N–H and O–H groups in total. The lowest BCUT2D eigenvalue weighted by Gasteiger charge is -2.07. The molecule has 0 unspecified atom stereocenters. The second kappa shape index (κ2) is 19.1. The number of aryl methyl sites for hydroxylation is 1. The summed E-state index contributed by atoms with van der Waals surface area (Å²) in [6.07, 6.45) is 23.9. The number of hydrogen-bond acceptors (Lipinski definition) is 4. The van der Waals surface area contributed by atoms with Crippen LogP contribution in [0.5, 0.6) is 5.75 Å². The van der Waals surface area contributed by atoms with Crippen LogP contribution < -0.4 is 4.74 Å². The van der Waals surface area contributed by atoms with E-state index in [4.69, 9.17) is 9.47 Å². The first kappa shape index (κ1) is 28.0. The second-order valence-corrected chi connectivity index (χ2v) is 9.03. The van der Waals surface area contributed by atoms with E-state index in [0.29, 0.717) is 6.61 Å². The highest BCUT2D eigenvalue weighted by molar-refractivity contribution is 5.55. The van der Waals surface area contributed by atoms with Crippen LogP contribution in [0.15, 0.2) is 48.8 Å². The third-order valence-corrected chi connectivity index (χ3v) is 5.87. The Hall–Kier alpha value is -2.20. The molecule has 4 heteroatoms. The van der Waals surface area contributed by atoms with Crippen LogP contribution in [0.2, 0.25) is 0 Å². The van der Waals surface area contributed by atoms with Crippen molar-refractivity contribution in [3.8, 4) is 17.1 Å². The van der Waals surface area contributed by atoms with Crippen LogP contribution in [0.25, 0.3) is 11.4 Å². The Morgan fingerprint density at radius 1 is 0.676 bits per heavy atom. The number of benzene rings is 1. The van der Waals surface area contributed by atoms with Crippen molar-refractivity contribution >= 4 is 0 Å². The maximum atomic E-state index is 5.81. The van der Waals surface area contributed by atoms with E-state index in [1.165, 1.54) is 56.9 Å². The van der Waals surface area contributed by atoms with Crippen molar-refractivity contribution in [3.05, 3.63) is 54.4 Å². The predicted octanol–water partition coefficient (Wildman–Crippen LogP) is 8.36. The molecule has 0 atom stereocenters. The van der Waals surface area contributed by atoms with Crippen LogP contribution in [0.4, 0.5) is 0 Å². The number of ether oxygens (including phenoxy) is 2. The molecule has 2 aromatic rings. The lowest BCUT2D eigenvalue weighted by Crippen LogP contribution is -1.98. The highest BCUT2D eigenvalue weighted by atomic mass is 16.5. The van der Waals surface area contributed by atoms with Gasteiger partial charge in [-0.05, 0) is 56.9 Å². The Bertz CT molecular complexity index is 756. The smallest absolute Gasteiger partial charge is 0.159 e. The first-order valence-electron chi connectivity index (χ1n) is 13.6. The summed E-state index contributed by atoms with van der Waals surface area (Å²) in [7, 11) is 0. The minimum absolute atomic E-state index is 0.697. The van der Waals surface area contributed by atoms with Gasteiger partial charge in [0.2, 0.25) is 0 Å². The molecule has 4 nitrogen and oxygen atoms in total. The van der Waals surface area contributed by atoms with Crippen LogP contribution in [-0.4, -0.2) is 29.8 Å². The quantitative estimate of drug-likeness (QED) is 0.145. The molecule has 0 fully saturated rings. The van der Waals surface area contributed by atoms with Crippen LogP contribution in [-0.2, 0) is 11.2 Å². The molecule has 1 aromatic carbocycles. The number of rotatable bonds is 20. The molecule has 0 saturated carbocycles. The van der Waals surface area contributed by atoms with Crippen molar-refractivity contribution in [2.24, 2.45) is 0 Å². The molecule has 0 bridgehead atoms. The summed E-state index contributed by atoms with van der Waals surface area (Å²) >= 11 is 0. The summed E-state index contributed by atoms with van der Waals surface area (Å²) in [5, 5.41) is 0. The minimum Gasteiger partial charge on any atom is -0.490 e. The number of unbranched alkanes of at least 4 members (excludes halogenated alkanes) is 8. The molecule has 1 heterocycles. The fourth-order valence-corrected chi connectivity index (χ4v) is 3.81. The average molecular weight is 467 g/mol. The van der Waals surface area contributed by atoms with Gasteiger partial charge in [0.1, 0.15) is 0 Å². The SMILES string of the molecule is CCCCCCCC=CCCCOc1cnc(-c2ccc(CCCCCOCCC)cc2)nc1. The maximum Gasteiger partial charge on any atom is 0.159 e. The summed E-state index contributed by atoms with van der Waals surface area (Å²) in [5.41, 5.74) is 2.41. The van der Waals surface area contributed by atoms with E-state index in [1.807, 2.05) is 0 Å². The lowest BCUT2D eigenvalue weighted by molar-refractivity contribution is 0.130. The van der Waals surface area contributed by atoms with Crippen LogP contribution in [0.1, 0.15) is 96.5 Å². The average Bonchev–Trinajstić information content (AvgIpc) is 2.87. The van der Waals surface area contributed by atoms with Crippen molar-refractivity contribution in [1.82, 2.24) is 9.97 Å². The summed E-state index contributed by atoms with van der Waals surface area (Å²) < 4.78 is 11.3. The highest BCUT2D eigenvalue weighted by Crippen LogP contribution is 2.18. The van der Waals surface area contributed by atoms with Gasteiger partial charge in [-0.1, -0.05) is 82.4 Å². The van der Waals surface area contributed by atoms with Crippen molar-refractivity contribution in [2.75, 3.05) is 19.8 Å². The van der Waals surface area contributed by atoms with Gasteiger partial charge < -0.3 is 9.47 Å². The summed E-state index contributed by atoms with van der Waals surface area (Å²) in [6.45, 7) is 6.88. The van der Waals surface area contributed by atoms with Crippen LogP contribution in [0, 0.1) is 0 Å². The fourth-order valence-electron chi connectivity index (χ4n) is 3.81. The first-order chi connectivity index (χ1) is 16.8.